The van der Waals surface area contributed by atoms with Crippen LogP contribution in [0.5, 0.6) is 11.5 Å². The van der Waals surface area contributed by atoms with Crippen LogP contribution in [0.25, 0.3) is 6.08 Å². The maximum absolute atomic E-state index is 5.58. The van der Waals surface area contributed by atoms with Crippen LogP contribution in [0, 0.1) is 0 Å². The zero-order valence-corrected chi connectivity index (χ0v) is 13.5. The Labute approximate surface area is 138 Å². The number of rotatable bonds is 4. The number of ether oxygens (including phenoxy) is 1. The highest BCUT2D eigenvalue weighted by Crippen LogP contribution is 2.19. The molecule has 0 fully saturated rings. The molecule has 23 heavy (non-hydrogen) atoms. The summed E-state index contributed by atoms with van der Waals surface area (Å²) in [5.74, 6) is 1.74. The second-order valence-electron chi connectivity index (χ2n) is 4.98. The predicted octanol–water partition coefficient (Wildman–Crippen LogP) is 6.37. The van der Waals surface area contributed by atoms with E-state index in [0.717, 1.165) is 17.9 Å². The fourth-order valence-electron chi connectivity index (χ4n) is 2.17. The molecule has 0 radical (unpaired) electrons. The molecule has 0 aliphatic rings. The number of para-hydroxylation sites is 2. The van der Waals surface area contributed by atoms with Gasteiger partial charge in [0.2, 0.25) is 0 Å². The van der Waals surface area contributed by atoms with Gasteiger partial charge in [0.25, 0.3) is 0 Å². The summed E-state index contributed by atoms with van der Waals surface area (Å²) < 4.78 is 5.58. The average Bonchev–Trinajstić information content (AvgIpc) is 2.64. The van der Waals surface area contributed by atoms with Gasteiger partial charge in [-0.2, -0.15) is 0 Å². The van der Waals surface area contributed by atoms with Crippen molar-refractivity contribution in [1.29, 1.82) is 0 Å². The summed E-state index contributed by atoms with van der Waals surface area (Å²) in [6, 6.07) is 27.8. The van der Waals surface area contributed by atoms with Gasteiger partial charge in [-0.3, -0.25) is 0 Å². The third-order valence-corrected chi connectivity index (χ3v) is 3.38. The lowest BCUT2D eigenvalue weighted by Crippen LogP contribution is -1.83. The molecule has 0 bridgehead atoms. The molecule has 0 amide bonds. The second kappa shape index (κ2) is 9.26. The molecule has 0 aliphatic heterocycles. The average molecular weight is 302 g/mol. The van der Waals surface area contributed by atoms with E-state index in [9.17, 15) is 0 Å². The molecule has 3 aromatic carbocycles. The quantitative estimate of drug-likeness (QED) is 0.544. The summed E-state index contributed by atoms with van der Waals surface area (Å²) in [7, 11) is 0. The van der Waals surface area contributed by atoms with Crippen molar-refractivity contribution in [2.24, 2.45) is 0 Å². The lowest BCUT2D eigenvalue weighted by atomic mass is 10.1. The SMILES string of the molecule is C=Cc1ccccc1CC.c1ccc(Oc2ccccc2)cc1. The summed E-state index contributed by atoms with van der Waals surface area (Å²) >= 11 is 0. The van der Waals surface area contributed by atoms with Gasteiger partial charge in [-0.15, -0.1) is 0 Å². The van der Waals surface area contributed by atoms with Crippen LogP contribution < -0.4 is 4.74 Å². The predicted molar refractivity (Wildman–Crippen MR) is 98.9 cm³/mol. The summed E-state index contributed by atoms with van der Waals surface area (Å²) in [5, 5.41) is 0. The Hall–Kier alpha value is -2.80. The normalized spacial score (nSPS) is 9.43. The molecule has 0 aliphatic carbocycles. The van der Waals surface area contributed by atoms with Crippen molar-refractivity contribution in [3.05, 3.63) is 103 Å². The number of benzene rings is 3. The van der Waals surface area contributed by atoms with Gasteiger partial charge < -0.3 is 4.74 Å². The van der Waals surface area contributed by atoms with Gasteiger partial charge in [0.15, 0.2) is 0 Å². The van der Waals surface area contributed by atoms with Crippen molar-refractivity contribution in [2.45, 2.75) is 13.3 Å². The van der Waals surface area contributed by atoms with E-state index in [4.69, 9.17) is 4.74 Å². The van der Waals surface area contributed by atoms with Crippen LogP contribution in [0.15, 0.2) is 91.5 Å². The van der Waals surface area contributed by atoms with Crippen molar-refractivity contribution in [2.75, 3.05) is 0 Å². The smallest absolute Gasteiger partial charge is 0.127 e. The molecule has 0 aromatic heterocycles. The van der Waals surface area contributed by atoms with Crippen LogP contribution >= 0.6 is 0 Å². The lowest BCUT2D eigenvalue weighted by molar-refractivity contribution is 0.482. The van der Waals surface area contributed by atoms with Gasteiger partial charge in [-0.25, -0.2) is 0 Å². The fourth-order valence-corrected chi connectivity index (χ4v) is 2.17. The standard InChI is InChI=1S/C12H10O.C10H12/c1-3-7-11(8-4-1)13-12-9-5-2-6-10-12;1-3-9-7-5-6-8-10(9)4-2/h1-10H;3,5-8H,1,4H2,2H3. The summed E-state index contributed by atoms with van der Waals surface area (Å²) in [5.41, 5.74) is 2.63. The summed E-state index contributed by atoms with van der Waals surface area (Å²) in [6.07, 6.45) is 2.99. The van der Waals surface area contributed by atoms with E-state index < -0.39 is 0 Å². The molecule has 0 saturated carbocycles. The Bertz CT molecular complexity index is 665. The highest BCUT2D eigenvalue weighted by Gasteiger charge is 1.93. The van der Waals surface area contributed by atoms with E-state index in [0.29, 0.717) is 0 Å². The molecule has 0 spiro atoms. The van der Waals surface area contributed by atoms with Crippen molar-refractivity contribution in [3.63, 3.8) is 0 Å². The number of hydrogen-bond acceptors (Lipinski definition) is 1. The van der Waals surface area contributed by atoms with Crippen molar-refractivity contribution >= 4 is 6.08 Å². The maximum Gasteiger partial charge on any atom is 0.127 e. The first-order valence-corrected chi connectivity index (χ1v) is 7.81. The van der Waals surface area contributed by atoms with E-state index in [1.54, 1.807) is 0 Å². The van der Waals surface area contributed by atoms with Crippen LogP contribution in [0.1, 0.15) is 18.1 Å². The molecule has 1 heteroatoms. The highest BCUT2D eigenvalue weighted by molar-refractivity contribution is 5.51. The Morgan fingerprint density at radius 3 is 1.65 bits per heavy atom. The van der Waals surface area contributed by atoms with Gasteiger partial charge in [0, 0.05) is 0 Å². The van der Waals surface area contributed by atoms with Gasteiger partial charge >= 0.3 is 0 Å². The largest absolute Gasteiger partial charge is 0.457 e. The van der Waals surface area contributed by atoms with E-state index in [-0.39, 0.29) is 0 Å². The molecule has 3 rings (SSSR count). The lowest BCUT2D eigenvalue weighted by Gasteiger charge is -2.03. The fraction of sp³-hybridized carbons (Fsp3) is 0.0909. The zero-order valence-electron chi connectivity index (χ0n) is 13.5. The van der Waals surface area contributed by atoms with E-state index >= 15 is 0 Å². The second-order valence-corrected chi connectivity index (χ2v) is 4.98. The molecular formula is C22H22O. The first-order valence-electron chi connectivity index (χ1n) is 7.81. The molecule has 116 valence electrons. The Balaban J connectivity index is 0.000000174. The molecule has 0 heterocycles. The minimum absolute atomic E-state index is 0.869. The number of aryl methyl sites for hydroxylation is 1. The Morgan fingerprint density at radius 1 is 0.739 bits per heavy atom. The topological polar surface area (TPSA) is 9.23 Å². The molecular weight excluding hydrogens is 280 g/mol. The van der Waals surface area contributed by atoms with E-state index in [1.807, 2.05) is 72.8 Å². The third kappa shape index (κ3) is 5.48. The van der Waals surface area contributed by atoms with E-state index in [2.05, 4.69) is 31.7 Å². The first-order chi connectivity index (χ1) is 11.3. The third-order valence-electron chi connectivity index (χ3n) is 3.38. The minimum atomic E-state index is 0.869. The van der Waals surface area contributed by atoms with E-state index in [1.165, 1.54) is 11.1 Å². The monoisotopic (exact) mass is 302 g/mol. The Morgan fingerprint density at radius 2 is 1.22 bits per heavy atom. The van der Waals surface area contributed by atoms with Crippen molar-refractivity contribution < 1.29 is 4.74 Å². The molecule has 0 N–H and O–H groups in total. The number of hydrogen-bond donors (Lipinski definition) is 0. The molecule has 0 unspecified atom stereocenters. The zero-order chi connectivity index (χ0) is 16.3. The molecule has 3 aromatic rings. The van der Waals surface area contributed by atoms with Crippen LogP contribution in [0.3, 0.4) is 0 Å². The van der Waals surface area contributed by atoms with Crippen LogP contribution in [0.2, 0.25) is 0 Å². The van der Waals surface area contributed by atoms with Crippen LogP contribution in [-0.4, -0.2) is 0 Å². The molecule has 1 nitrogen and oxygen atoms in total. The molecule has 0 atom stereocenters. The molecule has 0 saturated heterocycles. The van der Waals surface area contributed by atoms with Gasteiger partial charge in [0.05, 0.1) is 0 Å². The van der Waals surface area contributed by atoms with Gasteiger partial charge in [-0.05, 0) is 41.8 Å². The van der Waals surface area contributed by atoms with Crippen LogP contribution in [0.4, 0.5) is 0 Å². The highest BCUT2D eigenvalue weighted by atomic mass is 16.5. The maximum atomic E-state index is 5.58. The van der Waals surface area contributed by atoms with Gasteiger partial charge in [0.1, 0.15) is 11.5 Å². The summed E-state index contributed by atoms with van der Waals surface area (Å²) in [6.45, 7) is 5.89. The van der Waals surface area contributed by atoms with Crippen LogP contribution in [-0.2, 0) is 6.42 Å². The van der Waals surface area contributed by atoms with Gasteiger partial charge in [-0.1, -0.05) is 80.2 Å². The Kier molecular flexibility index (Phi) is 6.67. The van der Waals surface area contributed by atoms with Crippen molar-refractivity contribution in [3.8, 4) is 11.5 Å². The summed E-state index contributed by atoms with van der Waals surface area (Å²) in [4.78, 5) is 0. The minimum Gasteiger partial charge on any atom is -0.457 e. The van der Waals surface area contributed by atoms with Crippen molar-refractivity contribution in [1.82, 2.24) is 0 Å². The first kappa shape index (κ1) is 16.6.